The second kappa shape index (κ2) is 9.02. The van der Waals surface area contributed by atoms with Gasteiger partial charge in [0.1, 0.15) is 0 Å². The first kappa shape index (κ1) is 21.6. The first-order valence-electron chi connectivity index (χ1n) is 11.7. The Morgan fingerprint density at radius 2 is 1.89 bits per heavy atom. The fourth-order valence-corrected chi connectivity index (χ4v) is 4.88. The van der Waals surface area contributed by atoms with Gasteiger partial charge in [-0.15, -0.1) is 0 Å². The molecule has 0 radical (unpaired) electrons. The predicted octanol–water partition coefficient (Wildman–Crippen LogP) is 3.92. The molecule has 0 aliphatic carbocycles. The number of aromatic nitrogens is 4. The van der Waals surface area contributed by atoms with Crippen LogP contribution in [0.4, 0.5) is 0 Å². The molecule has 7 nitrogen and oxygen atoms in total. The highest BCUT2D eigenvalue weighted by molar-refractivity contribution is 6.06. The number of aliphatic hydroxyl groups is 1. The van der Waals surface area contributed by atoms with E-state index in [-0.39, 0.29) is 5.56 Å². The molecule has 0 saturated carbocycles. The lowest BCUT2D eigenvalue weighted by Gasteiger charge is -2.29. The Balaban J connectivity index is 1.48. The maximum absolute atomic E-state index is 13.6. The lowest BCUT2D eigenvalue weighted by atomic mass is 9.95. The molecule has 1 fully saturated rings. The molecule has 3 aromatic heterocycles. The van der Waals surface area contributed by atoms with Crippen molar-refractivity contribution in [2.75, 3.05) is 13.2 Å². The quantitative estimate of drug-likeness (QED) is 0.406. The van der Waals surface area contributed by atoms with Crippen molar-refractivity contribution in [2.24, 2.45) is 0 Å². The van der Waals surface area contributed by atoms with E-state index in [4.69, 9.17) is 4.74 Å². The van der Waals surface area contributed by atoms with Gasteiger partial charge in [-0.3, -0.25) is 19.3 Å². The van der Waals surface area contributed by atoms with E-state index in [1.807, 2.05) is 42.5 Å². The molecule has 2 aromatic carbocycles. The van der Waals surface area contributed by atoms with Gasteiger partial charge in [-0.05, 0) is 59.7 Å². The van der Waals surface area contributed by atoms with Crippen LogP contribution in [0.5, 0.6) is 0 Å². The molecular weight excluding hydrogens is 440 g/mol. The van der Waals surface area contributed by atoms with Crippen LogP contribution in [0.15, 0.2) is 84.3 Å². The van der Waals surface area contributed by atoms with Gasteiger partial charge in [0.05, 0.1) is 41.7 Å². The number of ether oxygens (including phenoxy) is 1. The summed E-state index contributed by atoms with van der Waals surface area (Å²) in [6.45, 7) is 0.790. The molecule has 1 aliphatic rings. The minimum absolute atomic E-state index is 0.165. The van der Waals surface area contributed by atoms with Crippen LogP contribution in [0, 0.1) is 0 Å². The number of fused-ring (bicyclic) bond motifs is 3. The number of aliphatic hydroxyl groups excluding tert-OH is 1. The van der Waals surface area contributed by atoms with Gasteiger partial charge in [0, 0.05) is 36.1 Å². The highest BCUT2D eigenvalue weighted by atomic mass is 16.5. The van der Waals surface area contributed by atoms with E-state index in [1.165, 1.54) is 4.57 Å². The number of rotatable bonds is 4. The summed E-state index contributed by atoms with van der Waals surface area (Å²) in [5.74, 6) is 0. The Morgan fingerprint density at radius 1 is 1.00 bits per heavy atom. The van der Waals surface area contributed by atoms with E-state index >= 15 is 0 Å². The van der Waals surface area contributed by atoms with Crippen LogP contribution < -0.4 is 5.56 Å². The van der Waals surface area contributed by atoms with Crippen LogP contribution in [0.1, 0.15) is 23.6 Å². The van der Waals surface area contributed by atoms with Crippen molar-refractivity contribution in [2.45, 2.75) is 25.0 Å². The van der Waals surface area contributed by atoms with Crippen LogP contribution in [0.3, 0.4) is 0 Å². The summed E-state index contributed by atoms with van der Waals surface area (Å²) in [7, 11) is 0. The normalized spacial score (nSPS) is 18.2. The molecule has 0 bridgehead atoms. The number of hydrogen-bond acceptors (Lipinski definition) is 6. The maximum Gasteiger partial charge on any atom is 0.261 e. The van der Waals surface area contributed by atoms with Crippen molar-refractivity contribution >= 4 is 21.7 Å². The monoisotopic (exact) mass is 464 g/mol. The van der Waals surface area contributed by atoms with Gasteiger partial charge < -0.3 is 9.84 Å². The van der Waals surface area contributed by atoms with Gasteiger partial charge in [-0.1, -0.05) is 24.3 Å². The topological polar surface area (TPSA) is 90.1 Å². The minimum Gasteiger partial charge on any atom is -0.391 e. The number of nitrogens with zero attached hydrogens (tertiary/aromatic N) is 4. The van der Waals surface area contributed by atoms with Crippen molar-refractivity contribution in [3.05, 3.63) is 101 Å². The number of hydrogen-bond donors (Lipinski definition) is 1. The Labute approximate surface area is 201 Å². The fourth-order valence-electron chi connectivity index (χ4n) is 4.88. The van der Waals surface area contributed by atoms with Crippen molar-refractivity contribution < 1.29 is 9.84 Å². The SMILES string of the molecule is O=c1c2cc(Cc3ccnc(-c4cccnc4)c3)c3ccccc3c2ncn1[C@H]1COCC[C@@H]1O. The van der Waals surface area contributed by atoms with Gasteiger partial charge in [0.25, 0.3) is 5.56 Å². The molecule has 0 amide bonds. The molecule has 35 heavy (non-hydrogen) atoms. The van der Waals surface area contributed by atoms with E-state index in [1.54, 1.807) is 24.9 Å². The van der Waals surface area contributed by atoms with Crippen molar-refractivity contribution in [1.29, 1.82) is 0 Å². The Kier molecular flexibility index (Phi) is 5.56. The minimum atomic E-state index is -0.636. The highest BCUT2D eigenvalue weighted by Crippen LogP contribution is 2.29. The average Bonchev–Trinajstić information content (AvgIpc) is 2.91. The summed E-state index contributed by atoms with van der Waals surface area (Å²) >= 11 is 0. The highest BCUT2D eigenvalue weighted by Gasteiger charge is 2.27. The zero-order chi connectivity index (χ0) is 23.8. The third-order valence-corrected chi connectivity index (χ3v) is 6.70. The maximum atomic E-state index is 13.6. The summed E-state index contributed by atoms with van der Waals surface area (Å²) in [4.78, 5) is 27.0. The summed E-state index contributed by atoms with van der Waals surface area (Å²) < 4.78 is 7.06. The van der Waals surface area contributed by atoms with E-state index in [9.17, 15) is 9.90 Å². The Hall–Kier alpha value is -3.94. The van der Waals surface area contributed by atoms with Gasteiger partial charge >= 0.3 is 0 Å². The van der Waals surface area contributed by atoms with E-state index in [2.05, 4.69) is 27.1 Å². The smallest absolute Gasteiger partial charge is 0.261 e. The molecule has 1 saturated heterocycles. The second-order valence-corrected chi connectivity index (χ2v) is 8.90. The van der Waals surface area contributed by atoms with Crippen LogP contribution >= 0.6 is 0 Å². The molecule has 174 valence electrons. The zero-order valence-electron chi connectivity index (χ0n) is 19.0. The van der Waals surface area contributed by atoms with E-state index in [0.29, 0.717) is 37.0 Å². The lowest BCUT2D eigenvalue weighted by Crippen LogP contribution is -2.39. The first-order chi connectivity index (χ1) is 17.2. The fraction of sp³-hybridized carbons (Fsp3) is 0.214. The predicted molar refractivity (Wildman–Crippen MR) is 134 cm³/mol. The van der Waals surface area contributed by atoms with Crippen molar-refractivity contribution in [3.8, 4) is 11.3 Å². The molecule has 4 heterocycles. The molecule has 1 aliphatic heterocycles. The second-order valence-electron chi connectivity index (χ2n) is 8.90. The largest absolute Gasteiger partial charge is 0.391 e. The summed E-state index contributed by atoms with van der Waals surface area (Å²) in [6.07, 6.45) is 7.39. The van der Waals surface area contributed by atoms with Gasteiger partial charge in [0.2, 0.25) is 0 Å². The van der Waals surface area contributed by atoms with E-state index in [0.717, 1.165) is 33.2 Å². The standard InChI is InChI=1S/C28H24N4O3/c33-26-8-11-35-16-25(26)32-17-31-27-22-6-2-1-5-21(22)20(14-23(27)28(32)34)12-18-7-10-30-24(13-18)19-4-3-9-29-15-19/h1-7,9-10,13-15,17,25-26,33H,8,11-12,16H2/t25-,26-/m0/s1. The third-order valence-electron chi connectivity index (χ3n) is 6.70. The lowest BCUT2D eigenvalue weighted by molar-refractivity contribution is -0.0303. The van der Waals surface area contributed by atoms with Crippen molar-refractivity contribution in [3.63, 3.8) is 0 Å². The van der Waals surface area contributed by atoms with Crippen LogP contribution in [0.25, 0.3) is 32.9 Å². The van der Waals surface area contributed by atoms with E-state index < -0.39 is 12.1 Å². The molecule has 7 heteroatoms. The molecular formula is C28H24N4O3. The van der Waals surface area contributed by atoms with Crippen LogP contribution in [-0.2, 0) is 11.2 Å². The summed E-state index contributed by atoms with van der Waals surface area (Å²) in [6, 6.07) is 17.5. The van der Waals surface area contributed by atoms with Gasteiger partial charge in [-0.25, -0.2) is 4.98 Å². The number of pyridine rings is 2. The zero-order valence-corrected chi connectivity index (χ0v) is 19.0. The number of benzene rings is 2. The molecule has 0 unspecified atom stereocenters. The van der Waals surface area contributed by atoms with Crippen LogP contribution in [0.2, 0.25) is 0 Å². The van der Waals surface area contributed by atoms with Crippen LogP contribution in [-0.4, -0.2) is 43.9 Å². The third kappa shape index (κ3) is 3.99. The average molecular weight is 465 g/mol. The molecule has 5 aromatic rings. The molecule has 6 rings (SSSR count). The van der Waals surface area contributed by atoms with Crippen molar-refractivity contribution in [1.82, 2.24) is 19.5 Å². The molecule has 0 spiro atoms. The molecule has 2 atom stereocenters. The Bertz CT molecular complexity index is 1580. The van der Waals surface area contributed by atoms with Gasteiger partial charge in [-0.2, -0.15) is 0 Å². The summed E-state index contributed by atoms with van der Waals surface area (Å²) in [5, 5.41) is 13.0. The first-order valence-corrected chi connectivity index (χ1v) is 11.7. The Morgan fingerprint density at radius 3 is 2.71 bits per heavy atom. The van der Waals surface area contributed by atoms with Gasteiger partial charge in [0.15, 0.2) is 0 Å². The summed E-state index contributed by atoms with van der Waals surface area (Å²) in [5.41, 5.74) is 4.44. The molecule has 1 N–H and O–H groups in total.